The monoisotopic (exact) mass is 305 g/mol. The number of pyridine rings is 1. The molecule has 0 unspecified atom stereocenters. The molecule has 0 saturated heterocycles. The molecule has 0 amide bonds. The first-order valence-corrected chi connectivity index (χ1v) is 7.71. The summed E-state index contributed by atoms with van der Waals surface area (Å²) in [6.45, 7) is 3.50. The second-order valence-electron chi connectivity index (χ2n) is 4.89. The van der Waals surface area contributed by atoms with Crippen LogP contribution < -0.4 is 0 Å². The summed E-state index contributed by atoms with van der Waals surface area (Å²) in [7, 11) is 2.02. The predicted molar refractivity (Wildman–Crippen MR) is 82.7 cm³/mol. The van der Waals surface area contributed by atoms with Crippen LogP contribution in [0.4, 0.5) is 0 Å². The van der Waals surface area contributed by atoms with Gasteiger partial charge in [0.05, 0.1) is 12.2 Å². The number of aromatic carboxylic acids is 1. The second-order valence-corrected chi connectivity index (χ2v) is 5.97. The number of aromatic nitrogens is 2. The van der Waals surface area contributed by atoms with Gasteiger partial charge in [-0.05, 0) is 37.6 Å². The molecule has 1 N–H and O–H groups in total. The van der Waals surface area contributed by atoms with E-state index in [1.807, 2.05) is 26.1 Å². The van der Waals surface area contributed by atoms with Gasteiger partial charge >= 0.3 is 5.97 Å². The minimum Gasteiger partial charge on any atom is -0.477 e. The van der Waals surface area contributed by atoms with Crippen molar-refractivity contribution >= 4 is 17.3 Å². The third kappa shape index (κ3) is 4.34. The van der Waals surface area contributed by atoms with Gasteiger partial charge in [0.2, 0.25) is 0 Å². The number of hydrogen-bond acceptors (Lipinski definition) is 5. The Kier molecular flexibility index (Phi) is 5.41. The number of likely N-dealkylation sites (N-methyl/N-ethyl adjacent to an activating group) is 1. The highest BCUT2D eigenvalue weighted by atomic mass is 32.1. The van der Waals surface area contributed by atoms with Gasteiger partial charge in [-0.2, -0.15) is 0 Å². The van der Waals surface area contributed by atoms with Crippen LogP contribution in [0.15, 0.2) is 24.5 Å². The Morgan fingerprint density at radius 3 is 2.67 bits per heavy atom. The summed E-state index contributed by atoms with van der Waals surface area (Å²) in [6, 6.07) is 4.02. The van der Waals surface area contributed by atoms with Gasteiger partial charge in [0.1, 0.15) is 9.88 Å². The summed E-state index contributed by atoms with van der Waals surface area (Å²) in [5.74, 6) is -0.880. The standard InChI is InChI=1S/C15H19N3O2S/c1-3-12-14(15(19)20)21-13(17-12)10-18(2)9-6-11-4-7-16-8-5-11/h4-5,7-8H,3,6,9-10H2,1-2H3,(H,19,20). The number of rotatable bonds is 7. The van der Waals surface area contributed by atoms with E-state index in [-0.39, 0.29) is 0 Å². The molecule has 0 fully saturated rings. The molecule has 112 valence electrons. The summed E-state index contributed by atoms with van der Waals surface area (Å²) in [5, 5.41) is 10.0. The van der Waals surface area contributed by atoms with E-state index in [0.29, 0.717) is 23.5 Å². The van der Waals surface area contributed by atoms with Crippen LogP contribution in [0.1, 0.15) is 32.9 Å². The lowest BCUT2D eigenvalue weighted by atomic mass is 10.2. The van der Waals surface area contributed by atoms with Crippen molar-refractivity contribution in [1.82, 2.24) is 14.9 Å². The van der Waals surface area contributed by atoms with Gasteiger partial charge in [0.15, 0.2) is 0 Å². The summed E-state index contributed by atoms with van der Waals surface area (Å²) in [4.78, 5) is 22.1. The van der Waals surface area contributed by atoms with Crippen molar-refractivity contribution in [3.8, 4) is 0 Å². The Hall–Kier alpha value is -1.79. The van der Waals surface area contributed by atoms with Crippen molar-refractivity contribution in [3.63, 3.8) is 0 Å². The lowest BCUT2D eigenvalue weighted by Gasteiger charge is -2.14. The second kappa shape index (κ2) is 7.28. The van der Waals surface area contributed by atoms with E-state index in [1.165, 1.54) is 16.9 Å². The van der Waals surface area contributed by atoms with Crippen LogP contribution in [0, 0.1) is 0 Å². The molecule has 0 aliphatic heterocycles. The summed E-state index contributed by atoms with van der Waals surface area (Å²) in [5.41, 5.74) is 1.93. The van der Waals surface area contributed by atoms with Crippen molar-refractivity contribution in [2.75, 3.05) is 13.6 Å². The maximum atomic E-state index is 11.1. The van der Waals surface area contributed by atoms with Crippen molar-refractivity contribution in [2.45, 2.75) is 26.3 Å². The first-order valence-electron chi connectivity index (χ1n) is 6.89. The van der Waals surface area contributed by atoms with Crippen LogP contribution in [0.2, 0.25) is 0 Å². The molecule has 0 bridgehead atoms. The van der Waals surface area contributed by atoms with Crippen molar-refractivity contribution in [3.05, 3.63) is 45.7 Å². The minimum absolute atomic E-state index is 0.370. The Morgan fingerprint density at radius 2 is 2.10 bits per heavy atom. The average Bonchev–Trinajstić information content (AvgIpc) is 2.89. The molecule has 5 nitrogen and oxygen atoms in total. The summed E-state index contributed by atoms with van der Waals surface area (Å²) in [6.07, 6.45) is 5.18. The zero-order valence-corrected chi connectivity index (χ0v) is 13.1. The molecule has 0 radical (unpaired) electrons. The first kappa shape index (κ1) is 15.6. The van der Waals surface area contributed by atoms with Gasteiger partial charge in [-0.25, -0.2) is 9.78 Å². The molecule has 0 saturated carbocycles. The smallest absolute Gasteiger partial charge is 0.347 e. The fourth-order valence-electron chi connectivity index (χ4n) is 2.05. The highest BCUT2D eigenvalue weighted by Gasteiger charge is 2.16. The Balaban J connectivity index is 1.93. The van der Waals surface area contributed by atoms with Crippen molar-refractivity contribution in [2.24, 2.45) is 0 Å². The molecule has 6 heteroatoms. The Bertz CT molecular complexity index is 598. The van der Waals surface area contributed by atoms with Gasteiger partial charge < -0.3 is 5.11 Å². The lowest BCUT2D eigenvalue weighted by molar-refractivity contribution is 0.0701. The maximum Gasteiger partial charge on any atom is 0.347 e. The van der Waals surface area contributed by atoms with E-state index >= 15 is 0 Å². The van der Waals surface area contributed by atoms with E-state index in [1.54, 1.807) is 12.4 Å². The zero-order chi connectivity index (χ0) is 15.2. The van der Waals surface area contributed by atoms with Crippen LogP contribution in [0.3, 0.4) is 0 Å². The van der Waals surface area contributed by atoms with Crippen LogP contribution in [-0.4, -0.2) is 39.5 Å². The quantitative estimate of drug-likeness (QED) is 0.851. The molecule has 0 spiro atoms. The van der Waals surface area contributed by atoms with Crippen molar-refractivity contribution < 1.29 is 9.90 Å². The molecule has 2 rings (SSSR count). The summed E-state index contributed by atoms with van der Waals surface area (Å²) < 4.78 is 0. The van der Waals surface area contributed by atoms with Crippen LogP contribution in [0.25, 0.3) is 0 Å². The van der Waals surface area contributed by atoms with Gasteiger partial charge in [0, 0.05) is 18.9 Å². The van der Waals surface area contributed by atoms with E-state index < -0.39 is 5.97 Å². The number of thiazole rings is 1. The largest absolute Gasteiger partial charge is 0.477 e. The fourth-order valence-corrected chi connectivity index (χ4v) is 3.13. The topological polar surface area (TPSA) is 66.3 Å². The molecule has 2 aromatic rings. The van der Waals surface area contributed by atoms with E-state index in [0.717, 1.165) is 18.0 Å². The number of hydrogen-bond donors (Lipinski definition) is 1. The average molecular weight is 305 g/mol. The van der Waals surface area contributed by atoms with Gasteiger partial charge in [-0.3, -0.25) is 9.88 Å². The van der Waals surface area contributed by atoms with Crippen molar-refractivity contribution in [1.29, 1.82) is 0 Å². The number of aryl methyl sites for hydroxylation is 1. The van der Waals surface area contributed by atoms with Crippen LogP contribution in [-0.2, 0) is 19.4 Å². The number of carboxylic acid groups (broad SMARTS) is 1. The van der Waals surface area contributed by atoms with Crippen LogP contribution >= 0.6 is 11.3 Å². The van der Waals surface area contributed by atoms with Gasteiger partial charge in [-0.15, -0.1) is 11.3 Å². The summed E-state index contributed by atoms with van der Waals surface area (Å²) >= 11 is 1.28. The van der Waals surface area contributed by atoms with Gasteiger partial charge in [-0.1, -0.05) is 6.92 Å². The lowest BCUT2D eigenvalue weighted by Crippen LogP contribution is -2.20. The Labute approximate surface area is 128 Å². The number of carbonyl (C=O) groups is 1. The molecular weight excluding hydrogens is 286 g/mol. The zero-order valence-electron chi connectivity index (χ0n) is 12.2. The molecule has 2 aromatic heterocycles. The molecule has 2 heterocycles. The normalized spacial score (nSPS) is 11.0. The molecule has 21 heavy (non-hydrogen) atoms. The minimum atomic E-state index is -0.880. The molecule has 0 aliphatic carbocycles. The van der Waals surface area contributed by atoms with E-state index in [9.17, 15) is 4.79 Å². The number of nitrogens with zero attached hydrogens (tertiary/aromatic N) is 3. The number of carboxylic acids is 1. The highest BCUT2D eigenvalue weighted by Crippen LogP contribution is 2.20. The molecule has 0 aromatic carbocycles. The van der Waals surface area contributed by atoms with E-state index in [2.05, 4.69) is 14.9 Å². The molecule has 0 aliphatic rings. The first-order chi connectivity index (χ1) is 10.1. The molecular formula is C15H19N3O2S. The predicted octanol–water partition coefficient (Wildman–Crippen LogP) is 2.47. The molecule has 0 atom stereocenters. The third-order valence-electron chi connectivity index (χ3n) is 3.21. The van der Waals surface area contributed by atoms with Gasteiger partial charge in [0.25, 0.3) is 0 Å². The maximum absolute atomic E-state index is 11.1. The third-order valence-corrected chi connectivity index (χ3v) is 4.28. The van der Waals surface area contributed by atoms with E-state index in [4.69, 9.17) is 5.11 Å². The SMILES string of the molecule is CCc1nc(CN(C)CCc2ccncc2)sc1C(=O)O. The highest BCUT2D eigenvalue weighted by molar-refractivity contribution is 7.13. The Morgan fingerprint density at radius 1 is 1.38 bits per heavy atom. The van der Waals surface area contributed by atoms with Crippen LogP contribution in [0.5, 0.6) is 0 Å². The fraction of sp³-hybridized carbons (Fsp3) is 0.400.